The molecule has 0 aliphatic heterocycles. The number of halogens is 1. The van der Waals surface area contributed by atoms with Gasteiger partial charge in [-0.15, -0.1) is 0 Å². The minimum absolute atomic E-state index is 0.0592. The monoisotopic (exact) mass is 460 g/mol. The molecule has 0 aromatic heterocycles. The Morgan fingerprint density at radius 1 is 0.719 bits per heavy atom. The molecule has 0 bridgehead atoms. The van der Waals surface area contributed by atoms with E-state index < -0.39 is 8.07 Å². The summed E-state index contributed by atoms with van der Waals surface area (Å²) in [5.74, 6) is 0.246. The molecule has 3 heteroatoms. The van der Waals surface area contributed by atoms with Gasteiger partial charge in [-0.1, -0.05) is 60.7 Å². The van der Waals surface area contributed by atoms with Gasteiger partial charge in [-0.05, 0) is 104 Å². The Kier molecular flexibility index (Phi) is 15.4. The molecular weight excluding hydrogens is 411 g/mol. The maximum atomic E-state index is 14.4. The van der Waals surface area contributed by atoms with Crippen molar-refractivity contribution in [3.63, 3.8) is 0 Å². The van der Waals surface area contributed by atoms with Gasteiger partial charge in [0.2, 0.25) is 0 Å². The average molecular weight is 461 g/mol. The molecule has 0 aromatic rings. The SMILES string of the molecule is CC(=O)C(CC/C(C)=C/CC/C(C)=C/CC/C(F)=C(\C)CC/C=C\C[Si](C)(C)C)=C(C)C. The number of ketones is 1. The van der Waals surface area contributed by atoms with Crippen molar-refractivity contribution < 1.29 is 9.18 Å². The van der Waals surface area contributed by atoms with E-state index >= 15 is 0 Å². The van der Waals surface area contributed by atoms with Crippen LogP contribution in [-0.4, -0.2) is 13.9 Å². The summed E-state index contributed by atoms with van der Waals surface area (Å²) in [6, 6.07) is 1.20. The first-order chi connectivity index (χ1) is 14.8. The quantitative estimate of drug-likeness (QED) is 0.135. The first-order valence-corrected chi connectivity index (χ1v) is 16.0. The van der Waals surface area contributed by atoms with E-state index in [0.717, 1.165) is 61.7 Å². The van der Waals surface area contributed by atoms with Crippen LogP contribution in [0.5, 0.6) is 0 Å². The molecule has 0 rings (SSSR count). The van der Waals surface area contributed by atoms with Gasteiger partial charge in [-0.2, -0.15) is 0 Å². The molecular formula is C29H49FOSi. The molecule has 0 saturated carbocycles. The number of carbonyl (C=O) groups excluding carboxylic acids is 1. The van der Waals surface area contributed by atoms with Crippen LogP contribution in [0.15, 0.2) is 58.0 Å². The van der Waals surface area contributed by atoms with Gasteiger partial charge >= 0.3 is 0 Å². The number of rotatable bonds is 15. The van der Waals surface area contributed by atoms with Gasteiger partial charge in [0.25, 0.3) is 0 Å². The Hall–Kier alpha value is -1.48. The van der Waals surface area contributed by atoms with Crippen molar-refractivity contribution in [3.8, 4) is 0 Å². The Bertz CT molecular complexity index is 738. The highest BCUT2D eigenvalue weighted by molar-refractivity contribution is 6.76. The summed E-state index contributed by atoms with van der Waals surface area (Å²) in [6.45, 7) is 19.0. The largest absolute Gasteiger partial charge is 0.295 e. The molecule has 0 spiro atoms. The van der Waals surface area contributed by atoms with Crippen molar-refractivity contribution in [1.29, 1.82) is 0 Å². The first kappa shape index (κ1) is 30.5. The lowest BCUT2D eigenvalue weighted by atomic mass is 9.98. The fraction of sp³-hybridized carbons (Fsp3) is 0.621. The van der Waals surface area contributed by atoms with Gasteiger partial charge < -0.3 is 0 Å². The molecule has 0 amide bonds. The molecule has 0 atom stereocenters. The number of carbonyl (C=O) groups is 1. The van der Waals surface area contributed by atoms with E-state index in [1.165, 1.54) is 17.2 Å². The van der Waals surface area contributed by atoms with Crippen molar-refractivity contribution in [2.24, 2.45) is 0 Å². The van der Waals surface area contributed by atoms with Gasteiger partial charge in [0, 0.05) is 14.5 Å². The predicted octanol–water partition coefficient (Wildman–Crippen LogP) is 10.1. The second kappa shape index (κ2) is 16.2. The van der Waals surface area contributed by atoms with Crippen LogP contribution in [0, 0.1) is 0 Å². The van der Waals surface area contributed by atoms with Gasteiger partial charge in [0.15, 0.2) is 5.78 Å². The maximum Gasteiger partial charge on any atom is 0.155 e. The zero-order chi connectivity index (χ0) is 24.7. The molecule has 0 heterocycles. The van der Waals surface area contributed by atoms with E-state index in [1.807, 2.05) is 20.8 Å². The van der Waals surface area contributed by atoms with Crippen molar-refractivity contribution in [2.45, 2.75) is 119 Å². The van der Waals surface area contributed by atoms with Crippen LogP contribution in [0.2, 0.25) is 25.7 Å². The minimum atomic E-state index is -1.02. The summed E-state index contributed by atoms with van der Waals surface area (Å²) >= 11 is 0. The van der Waals surface area contributed by atoms with Gasteiger partial charge in [0.05, 0.1) is 5.83 Å². The highest BCUT2D eigenvalue weighted by Crippen LogP contribution is 2.20. The summed E-state index contributed by atoms with van der Waals surface area (Å²) in [7, 11) is -1.02. The summed E-state index contributed by atoms with van der Waals surface area (Å²) in [6.07, 6.45) is 15.8. The zero-order valence-electron chi connectivity index (χ0n) is 22.5. The summed E-state index contributed by atoms with van der Waals surface area (Å²) in [5.41, 5.74) is 5.64. The molecule has 0 aliphatic rings. The van der Waals surface area contributed by atoms with Gasteiger partial charge in [-0.3, -0.25) is 4.79 Å². The third-order valence-corrected chi connectivity index (χ3v) is 7.19. The van der Waals surface area contributed by atoms with E-state index in [-0.39, 0.29) is 11.6 Å². The summed E-state index contributed by atoms with van der Waals surface area (Å²) in [4.78, 5) is 11.7. The van der Waals surface area contributed by atoms with Crippen LogP contribution in [0.25, 0.3) is 0 Å². The second-order valence-electron chi connectivity index (χ2n) is 10.7. The van der Waals surface area contributed by atoms with E-state index in [2.05, 4.69) is 57.8 Å². The first-order valence-electron chi connectivity index (χ1n) is 12.3. The standard InChI is InChI=1S/C29H49FOSi/c1-23(2)28(27(6)31)21-20-25(4)16-13-15-24(3)17-14-19-29(30)26(5)18-11-10-12-22-32(7,8)9/h10,12,16-17H,11,13-15,18-22H2,1-9H3/b12-10-,24-17+,25-16+,29-26-. The number of hydrogen-bond donors (Lipinski definition) is 0. The van der Waals surface area contributed by atoms with Crippen LogP contribution in [0.3, 0.4) is 0 Å². The van der Waals surface area contributed by atoms with E-state index in [4.69, 9.17) is 0 Å². The number of hydrogen-bond acceptors (Lipinski definition) is 1. The second-order valence-corrected chi connectivity index (χ2v) is 16.2. The van der Waals surface area contributed by atoms with Gasteiger partial charge in [0.1, 0.15) is 0 Å². The fourth-order valence-electron chi connectivity index (χ4n) is 3.50. The normalized spacial score (nSPS) is 14.1. The van der Waals surface area contributed by atoms with Crippen molar-refractivity contribution in [2.75, 3.05) is 0 Å². The smallest absolute Gasteiger partial charge is 0.155 e. The van der Waals surface area contributed by atoms with Crippen LogP contribution in [-0.2, 0) is 4.79 Å². The van der Waals surface area contributed by atoms with Crippen LogP contribution in [0.4, 0.5) is 4.39 Å². The molecule has 0 radical (unpaired) electrons. The predicted molar refractivity (Wildman–Crippen MR) is 145 cm³/mol. The summed E-state index contributed by atoms with van der Waals surface area (Å²) < 4.78 is 14.4. The van der Waals surface area contributed by atoms with E-state index in [0.29, 0.717) is 6.42 Å². The highest BCUT2D eigenvalue weighted by Gasteiger charge is 2.09. The van der Waals surface area contributed by atoms with Crippen LogP contribution < -0.4 is 0 Å². The third-order valence-electron chi connectivity index (χ3n) is 5.73. The maximum absolute atomic E-state index is 14.4. The lowest BCUT2D eigenvalue weighted by Crippen LogP contribution is -2.17. The fourth-order valence-corrected chi connectivity index (χ4v) is 4.37. The Labute approximate surface area is 199 Å². The average Bonchev–Trinajstić information content (AvgIpc) is 2.66. The van der Waals surface area contributed by atoms with Crippen LogP contribution in [0.1, 0.15) is 92.9 Å². The number of Topliss-reactive ketones (excluding diaryl/α,β-unsaturated/α-hetero) is 1. The Morgan fingerprint density at radius 2 is 1.28 bits per heavy atom. The molecule has 0 N–H and O–H groups in total. The molecule has 0 unspecified atom stereocenters. The Morgan fingerprint density at radius 3 is 1.81 bits per heavy atom. The van der Waals surface area contributed by atoms with Crippen LogP contribution >= 0.6 is 0 Å². The van der Waals surface area contributed by atoms with Crippen molar-refractivity contribution >= 4 is 13.9 Å². The van der Waals surface area contributed by atoms with Crippen molar-refractivity contribution in [1.82, 2.24) is 0 Å². The topological polar surface area (TPSA) is 17.1 Å². The highest BCUT2D eigenvalue weighted by atomic mass is 28.3. The molecule has 0 aromatic carbocycles. The Balaban J connectivity index is 4.34. The molecule has 32 heavy (non-hydrogen) atoms. The number of allylic oxidation sites excluding steroid dienone is 10. The zero-order valence-corrected chi connectivity index (χ0v) is 23.5. The van der Waals surface area contributed by atoms with E-state index in [1.54, 1.807) is 6.92 Å². The van der Waals surface area contributed by atoms with Gasteiger partial charge in [-0.25, -0.2) is 4.39 Å². The lowest BCUT2D eigenvalue weighted by Gasteiger charge is -2.11. The minimum Gasteiger partial charge on any atom is -0.295 e. The van der Waals surface area contributed by atoms with E-state index in [9.17, 15) is 9.18 Å². The molecule has 1 nitrogen and oxygen atoms in total. The molecule has 0 fully saturated rings. The third kappa shape index (κ3) is 16.2. The molecule has 0 aliphatic carbocycles. The summed E-state index contributed by atoms with van der Waals surface area (Å²) in [5, 5.41) is 0. The lowest BCUT2D eigenvalue weighted by molar-refractivity contribution is -0.113. The molecule has 182 valence electrons. The van der Waals surface area contributed by atoms with Crippen molar-refractivity contribution in [3.05, 3.63) is 58.0 Å². The molecule has 0 saturated heterocycles.